The summed E-state index contributed by atoms with van der Waals surface area (Å²) in [4.78, 5) is 24.1. The molecule has 1 atom stereocenters. The summed E-state index contributed by atoms with van der Waals surface area (Å²) in [5.41, 5.74) is 1.79. The maximum absolute atomic E-state index is 12.5. The van der Waals surface area contributed by atoms with Crippen LogP contribution in [0.1, 0.15) is 62.0 Å². The molecule has 0 aliphatic carbocycles. The van der Waals surface area contributed by atoms with E-state index in [9.17, 15) is 14.7 Å². The molecule has 2 aromatic rings. The summed E-state index contributed by atoms with van der Waals surface area (Å²) in [5.74, 6) is 0.0970. The number of benzene rings is 1. The molecular formula is C25H34N2O5. The summed E-state index contributed by atoms with van der Waals surface area (Å²) in [6.07, 6.45) is 5.35. The van der Waals surface area contributed by atoms with Gasteiger partial charge >= 0.3 is 5.97 Å². The number of nitrogens with zero attached hydrogens (tertiary/aromatic N) is 1. The van der Waals surface area contributed by atoms with E-state index in [4.69, 9.17) is 9.47 Å². The van der Waals surface area contributed by atoms with Crippen molar-refractivity contribution < 1.29 is 19.4 Å². The average Bonchev–Trinajstić information content (AvgIpc) is 2.73. The lowest BCUT2D eigenvalue weighted by atomic mass is 9.78. The quantitative estimate of drug-likeness (QED) is 0.568. The van der Waals surface area contributed by atoms with Crippen LogP contribution in [0, 0.1) is 5.41 Å². The minimum absolute atomic E-state index is 0.00788. The van der Waals surface area contributed by atoms with Gasteiger partial charge in [0.15, 0.2) is 16.9 Å². The van der Waals surface area contributed by atoms with Crippen LogP contribution in [0.25, 0.3) is 11.3 Å². The number of rotatable bonds is 9. The summed E-state index contributed by atoms with van der Waals surface area (Å²) in [5, 5.41) is 12.6. The third-order valence-corrected chi connectivity index (χ3v) is 6.05. The van der Waals surface area contributed by atoms with Crippen molar-refractivity contribution in [1.29, 1.82) is 0 Å². The molecule has 1 unspecified atom stereocenters. The van der Waals surface area contributed by atoms with Crippen LogP contribution in [0.4, 0.5) is 0 Å². The second-order valence-corrected chi connectivity index (χ2v) is 9.41. The van der Waals surface area contributed by atoms with E-state index in [-0.39, 0.29) is 17.0 Å². The normalized spacial score (nSPS) is 15.1. The van der Waals surface area contributed by atoms with Crippen LogP contribution in [0.3, 0.4) is 0 Å². The first-order chi connectivity index (χ1) is 15.2. The molecule has 0 saturated heterocycles. The molecule has 0 spiro atoms. The van der Waals surface area contributed by atoms with Gasteiger partial charge in [0.05, 0.1) is 19.4 Å². The van der Waals surface area contributed by atoms with Gasteiger partial charge in [-0.3, -0.25) is 4.79 Å². The van der Waals surface area contributed by atoms with Crippen molar-refractivity contribution in [2.24, 2.45) is 5.41 Å². The molecule has 0 bridgehead atoms. The molecule has 32 heavy (non-hydrogen) atoms. The molecule has 1 aliphatic heterocycles. The molecule has 174 valence electrons. The number of unbranched alkanes of at least 4 members (excludes halogenated alkanes) is 2. The number of carbonyl (C=O) groups is 1. The van der Waals surface area contributed by atoms with Gasteiger partial charge < -0.3 is 24.5 Å². The van der Waals surface area contributed by atoms with E-state index in [1.54, 1.807) is 7.11 Å². The van der Waals surface area contributed by atoms with Gasteiger partial charge in [0, 0.05) is 23.9 Å². The predicted octanol–water partition coefficient (Wildman–Crippen LogP) is 4.13. The van der Waals surface area contributed by atoms with Crippen molar-refractivity contribution in [2.45, 2.75) is 52.5 Å². The minimum Gasteiger partial charge on any atom is -0.493 e. The Morgan fingerprint density at radius 2 is 1.94 bits per heavy atom. The summed E-state index contributed by atoms with van der Waals surface area (Å²) in [6, 6.07) is 5.34. The zero-order valence-electron chi connectivity index (χ0n) is 19.7. The Bertz CT molecular complexity index is 1040. The van der Waals surface area contributed by atoms with E-state index in [0.29, 0.717) is 30.2 Å². The summed E-state index contributed by atoms with van der Waals surface area (Å²) in [7, 11) is 3.55. The molecular weight excluding hydrogens is 408 g/mol. The maximum Gasteiger partial charge on any atom is 0.341 e. The fourth-order valence-corrected chi connectivity index (χ4v) is 4.26. The Labute approximate surface area is 189 Å². The van der Waals surface area contributed by atoms with E-state index in [2.05, 4.69) is 26.1 Å². The van der Waals surface area contributed by atoms with Crippen molar-refractivity contribution in [3.63, 3.8) is 0 Å². The number of hydrogen-bond acceptors (Lipinski definition) is 5. The molecule has 0 amide bonds. The van der Waals surface area contributed by atoms with Crippen LogP contribution in [-0.2, 0) is 6.42 Å². The highest BCUT2D eigenvalue weighted by Gasteiger charge is 2.34. The summed E-state index contributed by atoms with van der Waals surface area (Å²) in [6.45, 7) is 7.98. The van der Waals surface area contributed by atoms with Crippen LogP contribution in [0.2, 0.25) is 0 Å². The van der Waals surface area contributed by atoms with Crippen LogP contribution >= 0.6 is 0 Å². The molecule has 0 saturated carbocycles. The smallest absolute Gasteiger partial charge is 0.341 e. The molecule has 0 fully saturated rings. The zero-order valence-corrected chi connectivity index (χ0v) is 19.7. The number of carboxylic acids is 1. The van der Waals surface area contributed by atoms with E-state index in [1.165, 1.54) is 12.3 Å². The minimum atomic E-state index is -1.21. The molecule has 7 nitrogen and oxygen atoms in total. The molecule has 7 heteroatoms. The highest BCUT2D eigenvalue weighted by molar-refractivity contribution is 5.88. The Morgan fingerprint density at radius 3 is 2.56 bits per heavy atom. The van der Waals surface area contributed by atoms with E-state index >= 15 is 0 Å². The summed E-state index contributed by atoms with van der Waals surface area (Å²) >= 11 is 0. The average molecular weight is 443 g/mol. The third kappa shape index (κ3) is 4.99. The van der Waals surface area contributed by atoms with Gasteiger partial charge in [0.25, 0.3) is 0 Å². The Hall–Kier alpha value is -2.80. The Kier molecular flexibility index (Phi) is 7.29. The van der Waals surface area contributed by atoms with Crippen LogP contribution in [0.15, 0.2) is 29.2 Å². The first-order valence-corrected chi connectivity index (χ1v) is 11.2. The number of hydrogen-bond donors (Lipinski definition) is 2. The number of pyridine rings is 1. The van der Waals surface area contributed by atoms with Crippen molar-refractivity contribution in [3.05, 3.63) is 45.7 Å². The standard InChI is InChI=1S/C25H34N2O5/c1-25(2,3)23-12-16-11-22(32-10-8-6-7-9-26-4)21(31-5)13-17(16)19-14-20(28)18(24(29)30)15-27(19)23/h11,13-15,23,26H,6-10,12H2,1-5H3,(H,29,30). The number of methoxy groups -OCH3 is 1. The number of carboxylic acid groups (broad SMARTS) is 1. The van der Waals surface area contributed by atoms with Crippen LogP contribution in [-0.4, -0.2) is 43.0 Å². The van der Waals surface area contributed by atoms with Gasteiger partial charge in [-0.1, -0.05) is 20.8 Å². The number of fused-ring (bicyclic) bond motifs is 3. The molecule has 1 aromatic carbocycles. The third-order valence-electron chi connectivity index (χ3n) is 6.05. The SMILES string of the molecule is CNCCCCCOc1cc2c(cc1OC)-c1cc(=O)c(C(=O)O)cn1C(C(C)(C)C)C2. The molecule has 0 radical (unpaired) electrons. The monoisotopic (exact) mass is 442 g/mol. The van der Waals surface area contributed by atoms with Gasteiger partial charge in [-0.25, -0.2) is 4.79 Å². The van der Waals surface area contributed by atoms with Crippen LogP contribution in [0.5, 0.6) is 11.5 Å². The zero-order chi connectivity index (χ0) is 23.5. The first kappa shape index (κ1) is 23.9. The van der Waals surface area contributed by atoms with E-state index in [0.717, 1.165) is 36.9 Å². The number of aromatic carboxylic acids is 1. The second-order valence-electron chi connectivity index (χ2n) is 9.41. The van der Waals surface area contributed by atoms with Crippen molar-refractivity contribution in [1.82, 2.24) is 9.88 Å². The lowest BCUT2D eigenvalue weighted by molar-refractivity contribution is 0.0693. The summed E-state index contributed by atoms with van der Waals surface area (Å²) < 4.78 is 13.6. The lowest BCUT2D eigenvalue weighted by Crippen LogP contribution is -2.32. The molecule has 2 N–H and O–H groups in total. The maximum atomic E-state index is 12.5. The fraction of sp³-hybridized carbons (Fsp3) is 0.520. The number of nitrogens with one attached hydrogen (secondary N) is 1. The van der Waals surface area contributed by atoms with Crippen molar-refractivity contribution in [3.8, 4) is 22.8 Å². The molecule has 1 aromatic heterocycles. The van der Waals surface area contributed by atoms with Crippen molar-refractivity contribution in [2.75, 3.05) is 27.3 Å². The van der Waals surface area contributed by atoms with Gasteiger partial charge in [-0.2, -0.15) is 0 Å². The highest BCUT2D eigenvalue weighted by Crippen LogP contribution is 2.45. The van der Waals surface area contributed by atoms with E-state index < -0.39 is 11.4 Å². The Balaban J connectivity index is 2.01. The molecule has 2 heterocycles. The van der Waals surface area contributed by atoms with Gasteiger partial charge in [-0.15, -0.1) is 0 Å². The molecule has 3 rings (SSSR count). The largest absolute Gasteiger partial charge is 0.493 e. The topological polar surface area (TPSA) is 89.8 Å². The van der Waals surface area contributed by atoms with Crippen molar-refractivity contribution >= 4 is 5.97 Å². The van der Waals surface area contributed by atoms with Gasteiger partial charge in [0.1, 0.15) is 5.56 Å². The fourth-order valence-electron chi connectivity index (χ4n) is 4.26. The second kappa shape index (κ2) is 9.77. The first-order valence-electron chi connectivity index (χ1n) is 11.2. The predicted molar refractivity (Wildman–Crippen MR) is 125 cm³/mol. The molecule has 1 aliphatic rings. The van der Waals surface area contributed by atoms with Gasteiger partial charge in [0.2, 0.25) is 0 Å². The Morgan fingerprint density at radius 1 is 1.19 bits per heavy atom. The number of ether oxygens (including phenoxy) is 2. The number of aromatic nitrogens is 1. The van der Waals surface area contributed by atoms with E-state index in [1.807, 2.05) is 23.7 Å². The van der Waals surface area contributed by atoms with Gasteiger partial charge in [-0.05, 0) is 62.4 Å². The van der Waals surface area contributed by atoms with Crippen LogP contribution < -0.4 is 20.2 Å². The highest BCUT2D eigenvalue weighted by atomic mass is 16.5. The lowest BCUT2D eigenvalue weighted by Gasteiger charge is -2.39.